The molecule has 4 aliphatic carbocycles. The van der Waals surface area contributed by atoms with Crippen molar-refractivity contribution in [3.8, 4) is 0 Å². The van der Waals surface area contributed by atoms with Crippen LogP contribution in [-0.2, 0) is 57.0 Å². The van der Waals surface area contributed by atoms with Crippen LogP contribution in [0.4, 0.5) is 0 Å². The van der Waals surface area contributed by atoms with Gasteiger partial charge in [-0.15, -0.1) is 0 Å². The molecule has 14 heteroatoms. The van der Waals surface area contributed by atoms with Gasteiger partial charge in [0.05, 0.1) is 24.4 Å². The molecule has 7 fully saturated rings. The van der Waals surface area contributed by atoms with E-state index in [9.17, 15) is 24.6 Å². The smallest absolute Gasteiger partial charge is 0.333 e. The summed E-state index contributed by atoms with van der Waals surface area (Å²) in [6.45, 7) is 14.4. The van der Waals surface area contributed by atoms with E-state index in [1.54, 1.807) is 40.9 Å². The zero-order valence-electron chi connectivity index (χ0n) is 34.7. The molecular weight excluding hydrogens is 728 g/mol. The number of allylic oxidation sites excluding steroid dienone is 1. The molecule has 7 rings (SSSR count). The van der Waals surface area contributed by atoms with E-state index < -0.39 is 102 Å². The van der Waals surface area contributed by atoms with Crippen LogP contribution >= 0.6 is 0 Å². The zero-order valence-corrected chi connectivity index (χ0v) is 34.7. The molecule has 0 radical (unpaired) electrons. The van der Waals surface area contributed by atoms with Gasteiger partial charge in [0.1, 0.15) is 53.6 Å². The fraction of sp³-hybridized carbons (Fsp3) is 0.881. The van der Waals surface area contributed by atoms with Crippen LogP contribution < -0.4 is 0 Å². The Kier molecular flexibility index (Phi) is 11.5. The van der Waals surface area contributed by atoms with Gasteiger partial charge in [-0.05, 0) is 90.9 Å². The third-order valence-electron chi connectivity index (χ3n) is 15.6. The number of methoxy groups -OCH3 is 2. The number of ether oxygens (including phenoxy) is 9. The fourth-order valence-corrected chi connectivity index (χ4v) is 12.6. The van der Waals surface area contributed by atoms with E-state index in [4.69, 9.17) is 42.6 Å². The summed E-state index contributed by atoms with van der Waals surface area (Å²) < 4.78 is 56.4. The Hall–Kier alpha value is -2.01. The van der Waals surface area contributed by atoms with E-state index >= 15 is 0 Å². The topological polar surface area (TPSA) is 178 Å². The molecule has 14 unspecified atom stereocenters. The van der Waals surface area contributed by atoms with Crippen molar-refractivity contribution in [2.45, 2.75) is 192 Å². The lowest BCUT2D eigenvalue weighted by molar-refractivity contribution is -0.343. The highest BCUT2D eigenvalue weighted by atomic mass is 16.7. The Balaban J connectivity index is 1.10. The van der Waals surface area contributed by atoms with E-state index in [1.807, 2.05) is 13.8 Å². The van der Waals surface area contributed by atoms with Crippen molar-refractivity contribution in [2.75, 3.05) is 14.2 Å². The Bertz CT molecular complexity index is 1550. The molecule has 0 amide bonds. The first-order valence-corrected chi connectivity index (χ1v) is 20.7. The Labute approximate surface area is 330 Å². The number of hydrogen-bond donors (Lipinski definition) is 2. The average molecular weight is 793 g/mol. The molecule has 0 aromatic rings. The number of carbonyl (C=O) groups excluding carboxylic acids is 3. The molecule has 0 bridgehead atoms. The molecule has 0 aromatic carbocycles. The SMILES string of the molecule is CC=C(C)C(=O)OC1C(OC(C)=O)[C@]2(C)C(C(C)=O)CC[C@@]23OC32CC[C@@H]3CC(OC4CC(OC)C(OC5OC(C)C(O)C(OC)C5O)C(C)O4)CC[C@]3(C)[C@H]12. The molecule has 56 heavy (non-hydrogen) atoms. The van der Waals surface area contributed by atoms with Crippen LogP contribution in [0.25, 0.3) is 0 Å². The molecule has 3 heterocycles. The zero-order chi connectivity index (χ0) is 40.7. The number of rotatable bonds is 10. The molecule has 316 valence electrons. The van der Waals surface area contributed by atoms with Crippen LogP contribution in [0.2, 0.25) is 0 Å². The summed E-state index contributed by atoms with van der Waals surface area (Å²) in [7, 11) is 3.04. The van der Waals surface area contributed by atoms with E-state index in [0.717, 1.165) is 32.1 Å². The Morgan fingerprint density at radius 2 is 1.54 bits per heavy atom. The highest BCUT2D eigenvalue weighted by Gasteiger charge is 2.91. The molecule has 14 nitrogen and oxygen atoms in total. The second kappa shape index (κ2) is 15.2. The van der Waals surface area contributed by atoms with E-state index in [0.29, 0.717) is 24.8 Å². The van der Waals surface area contributed by atoms with Crippen molar-refractivity contribution < 1.29 is 67.2 Å². The number of hydrogen-bond acceptors (Lipinski definition) is 14. The first kappa shape index (κ1) is 42.1. The van der Waals surface area contributed by atoms with Crippen LogP contribution in [0.15, 0.2) is 11.6 Å². The predicted octanol–water partition coefficient (Wildman–Crippen LogP) is 3.94. The number of ketones is 1. The number of epoxide rings is 1. The minimum absolute atomic E-state index is 0.0276. The lowest BCUT2D eigenvalue weighted by Gasteiger charge is -2.61. The van der Waals surface area contributed by atoms with Gasteiger partial charge in [-0.25, -0.2) is 4.79 Å². The van der Waals surface area contributed by atoms with Crippen LogP contribution in [0.3, 0.4) is 0 Å². The lowest BCUT2D eigenvalue weighted by Crippen LogP contribution is -2.70. The van der Waals surface area contributed by atoms with Gasteiger partial charge in [-0.1, -0.05) is 19.9 Å². The van der Waals surface area contributed by atoms with Crippen LogP contribution in [0.1, 0.15) is 107 Å². The quantitative estimate of drug-likeness (QED) is 0.141. The van der Waals surface area contributed by atoms with Gasteiger partial charge in [0.15, 0.2) is 12.6 Å². The van der Waals surface area contributed by atoms with Gasteiger partial charge in [0, 0.05) is 50.4 Å². The summed E-state index contributed by atoms with van der Waals surface area (Å²) in [5.41, 5.74) is -2.04. The van der Waals surface area contributed by atoms with Crippen LogP contribution in [0.5, 0.6) is 0 Å². The van der Waals surface area contributed by atoms with Crippen molar-refractivity contribution in [1.29, 1.82) is 0 Å². The lowest BCUT2D eigenvalue weighted by atomic mass is 9.43. The molecule has 2 N–H and O–H groups in total. The Morgan fingerprint density at radius 1 is 0.804 bits per heavy atom. The normalized spacial score (nSPS) is 51.1. The number of esters is 2. The van der Waals surface area contributed by atoms with Crippen LogP contribution in [-0.4, -0.2) is 127 Å². The highest BCUT2D eigenvalue weighted by Crippen LogP contribution is 2.81. The van der Waals surface area contributed by atoms with Gasteiger partial charge in [0.25, 0.3) is 0 Å². The van der Waals surface area contributed by atoms with Gasteiger partial charge in [-0.3, -0.25) is 9.59 Å². The molecule has 7 aliphatic rings. The molecule has 3 saturated heterocycles. The van der Waals surface area contributed by atoms with Crippen molar-refractivity contribution in [2.24, 2.45) is 28.6 Å². The summed E-state index contributed by atoms with van der Waals surface area (Å²) in [5.74, 6) is -1.41. The maximum atomic E-state index is 13.7. The minimum atomic E-state index is -1.21. The predicted molar refractivity (Wildman–Crippen MR) is 198 cm³/mol. The first-order valence-electron chi connectivity index (χ1n) is 20.7. The largest absolute Gasteiger partial charge is 0.458 e. The second-order valence-electron chi connectivity index (χ2n) is 18.2. The van der Waals surface area contributed by atoms with Gasteiger partial charge < -0.3 is 52.8 Å². The van der Waals surface area contributed by atoms with Crippen LogP contribution in [0, 0.1) is 28.6 Å². The van der Waals surface area contributed by atoms with Crippen molar-refractivity contribution in [3.63, 3.8) is 0 Å². The monoisotopic (exact) mass is 792 g/mol. The van der Waals surface area contributed by atoms with E-state index in [1.165, 1.54) is 14.0 Å². The maximum absolute atomic E-state index is 13.7. The molecule has 4 saturated carbocycles. The minimum Gasteiger partial charge on any atom is -0.458 e. The third-order valence-corrected chi connectivity index (χ3v) is 15.6. The molecular formula is C42H64O14. The fourth-order valence-electron chi connectivity index (χ4n) is 12.6. The average Bonchev–Trinajstić information content (AvgIpc) is 3.70. The molecule has 3 aliphatic heterocycles. The number of aliphatic hydroxyl groups excluding tert-OH is 2. The third kappa shape index (κ3) is 6.34. The highest BCUT2D eigenvalue weighted by molar-refractivity contribution is 5.88. The summed E-state index contributed by atoms with van der Waals surface area (Å²) in [6, 6.07) is 0. The van der Waals surface area contributed by atoms with E-state index in [2.05, 4.69) is 6.92 Å². The maximum Gasteiger partial charge on any atom is 0.333 e. The second-order valence-corrected chi connectivity index (χ2v) is 18.2. The molecule has 19 atom stereocenters. The van der Waals surface area contributed by atoms with Crippen molar-refractivity contribution >= 4 is 17.7 Å². The summed E-state index contributed by atoms with van der Waals surface area (Å²) in [5, 5.41) is 21.3. The Morgan fingerprint density at radius 3 is 2.18 bits per heavy atom. The van der Waals surface area contributed by atoms with Crippen molar-refractivity contribution in [1.82, 2.24) is 0 Å². The summed E-state index contributed by atoms with van der Waals surface area (Å²) in [4.78, 5) is 39.8. The van der Waals surface area contributed by atoms with Gasteiger partial charge in [0.2, 0.25) is 0 Å². The molecule has 0 aromatic heterocycles. The number of fused-ring (bicyclic) bond motifs is 2. The summed E-state index contributed by atoms with van der Waals surface area (Å²) in [6.07, 6.45) is -1.32. The van der Waals surface area contributed by atoms with E-state index in [-0.39, 0.29) is 29.1 Å². The standard InChI is InChI=1S/C42H64O14/c1-11-20(2)37(47)54-34-35-39(7)15-13-26(53-29-19-28(48-9)32(23(5)50-29)55-38-31(46)33(49-10)30(45)22(4)51-38)18-25(39)12-16-41(35)42(56-41)17-14-27(21(3)43)40(42,8)36(34)52-24(6)44/h11,22-23,25-36,38,45-46H,12-19H2,1-10H3/t22?,23?,25-,26?,27?,28?,29?,30?,31?,32?,33?,34?,35+,36?,38?,39+,40+,41?,42-/m1/s1. The molecule has 2 spiro atoms. The number of carbonyl (C=O) groups is 3. The van der Waals surface area contributed by atoms with Gasteiger partial charge in [-0.2, -0.15) is 0 Å². The number of aliphatic hydroxyl groups is 2. The van der Waals surface area contributed by atoms with Gasteiger partial charge >= 0.3 is 11.9 Å². The number of Topliss-reactive ketones (excluding diaryl/α,β-unsaturated/α-hetero) is 1. The van der Waals surface area contributed by atoms with Crippen molar-refractivity contribution in [3.05, 3.63) is 11.6 Å². The first-order chi connectivity index (χ1) is 26.4. The summed E-state index contributed by atoms with van der Waals surface area (Å²) >= 11 is 0.